The lowest BCUT2D eigenvalue weighted by Gasteiger charge is -2.20. The summed E-state index contributed by atoms with van der Waals surface area (Å²) in [6.07, 6.45) is 8.16. The highest BCUT2D eigenvalue weighted by Gasteiger charge is 2.29. The Morgan fingerprint density at radius 1 is 1.30 bits per heavy atom. The van der Waals surface area contributed by atoms with E-state index in [0.29, 0.717) is 59.6 Å². The summed E-state index contributed by atoms with van der Waals surface area (Å²) in [6, 6.07) is 3.51. The Morgan fingerprint density at radius 2 is 2.15 bits per heavy atom. The van der Waals surface area contributed by atoms with Crippen molar-refractivity contribution in [2.75, 3.05) is 25.1 Å². The van der Waals surface area contributed by atoms with Crippen LogP contribution in [0.2, 0.25) is 0 Å². The molecule has 2 aromatic rings. The highest BCUT2D eigenvalue weighted by Crippen LogP contribution is 2.35. The molecule has 2 aliphatic heterocycles. The van der Waals surface area contributed by atoms with Crippen molar-refractivity contribution < 1.29 is 18.7 Å². The van der Waals surface area contributed by atoms with Crippen molar-refractivity contribution in [2.45, 2.75) is 12.8 Å². The van der Waals surface area contributed by atoms with Gasteiger partial charge in [0.15, 0.2) is 16.7 Å². The summed E-state index contributed by atoms with van der Waals surface area (Å²) < 4.78 is 10.8. The van der Waals surface area contributed by atoms with E-state index < -0.39 is 0 Å². The van der Waals surface area contributed by atoms with Crippen LogP contribution in [-0.2, 0) is 9.53 Å². The largest absolute Gasteiger partial charge is 0.463 e. The number of anilines is 1. The third kappa shape index (κ3) is 3.86. The average molecular weight is 385 g/mol. The molecule has 27 heavy (non-hydrogen) atoms. The van der Waals surface area contributed by atoms with E-state index in [1.807, 2.05) is 0 Å². The van der Waals surface area contributed by atoms with Gasteiger partial charge in [-0.1, -0.05) is 17.4 Å². The minimum Gasteiger partial charge on any atom is -0.463 e. The fraction of sp³-hybridized carbons (Fsp3) is 0.316. The number of dihydropyridines is 1. The maximum Gasteiger partial charge on any atom is 0.257 e. The van der Waals surface area contributed by atoms with E-state index in [1.165, 1.54) is 11.3 Å². The van der Waals surface area contributed by atoms with E-state index >= 15 is 0 Å². The molecule has 0 atom stereocenters. The van der Waals surface area contributed by atoms with Gasteiger partial charge in [0.05, 0.1) is 6.26 Å². The van der Waals surface area contributed by atoms with Crippen molar-refractivity contribution in [3.05, 3.63) is 47.2 Å². The van der Waals surface area contributed by atoms with Crippen LogP contribution in [-0.4, -0.2) is 36.4 Å². The molecule has 8 heteroatoms. The number of ether oxygens (including phenoxy) is 1. The highest BCUT2D eigenvalue weighted by atomic mass is 32.1. The number of thiazole rings is 1. The number of hydrogen-bond donors (Lipinski definition) is 2. The number of ketones is 1. The van der Waals surface area contributed by atoms with Gasteiger partial charge in [-0.2, -0.15) is 0 Å². The van der Waals surface area contributed by atoms with E-state index in [1.54, 1.807) is 36.7 Å². The average Bonchev–Trinajstić information content (AvgIpc) is 3.38. The molecule has 2 N–H and O–H groups in total. The predicted octanol–water partition coefficient (Wildman–Crippen LogP) is 2.99. The number of amides is 1. The topological polar surface area (TPSA) is 93.5 Å². The zero-order chi connectivity index (χ0) is 18.6. The summed E-state index contributed by atoms with van der Waals surface area (Å²) in [6.45, 7) is 1.77. The van der Waals surface area contributed by atoms with Crippen LogP contribution < -0.4 is 10.6 Å². The summed E-state index contributed by atoms with van der Waals surface area (Å²) in [5, 5.41) is 6.18. The number of carbonyl (C=O) groups is 2. The number of aromatic nitrogens is 1. The fourth-order valence-electron chi connectivity index (χ4n) is 3.06. The lowest BCUT2D eigenvalue weighted by molar-refractivity contribution is -0.112. The molecule has 7 nitrogen and oxygen atoms in total. The van der Waals surface area contributed by atoms with Crippen LogP contribution in [0, 0.1) is 5.92 Å². The molecule has 2 aromatic heterocycles. The van der Waals surface area contributed by atoms with Crippen molar-refractivity contribution in [2.24, 2.45) is 5.92 Å². The molecule has 1 fully saturated rings. The van der Waals surface area contributed by atoms with E-state index in [2.05, 4.69) is 15.6 Å². The van der Waals surface area contributed by atoms with Crippen LogP contribution in [0.15, 0.2) is 46.7 Å². The maximum absolute atomic E-state index is 13.0. The Labute approximate surface area is 160 Å². The second kappa shape index (κ2) is 7.89. The van der Waals surface area contributed by atoms with Crippen molar-refractivity contribution >= 4 is 28.2 Å². The van der Waals surface area contributed by atoms with Gasteiger partial charge in [0.25, 0.3) is 5.91 Å². The van der Waals surface area contributed by atoms with Crippen LogP contribution >= 0.6 is 11.3 Å². The van der Waals surface area contributed by atoms with Gasteiger partial charge in [-0.3, -0.25) is 14.9 Å². The molecule has 0 unspecified atom stereocenters. The molecule has 0 aliphatic carbocycles. The second-order valence-electron chi connectivity index (χ2n) is 6.28. The smallest absolute Gasteiger partial charge is 0.257 e. The molecule has 1 amide bonds. The molecular formula is C19H19N3O4S. The Balaban J connectivity index is 1.61. The predicted molar refractivity (Wildman–Crippen MR) is 102 cm³/mol. The summed E-state index contributed by atoms with van der Waals surface area (Å²) in [5.41, 5.74) is 1.03. The van der Waals surface area contributed by atoms with Crippen molar-refractivity contribution in [1.82, 2.24) is 10.3 Å². The lowest BCUT2D eigenvalue weighted by Crippen LogP contribution is -2.23. The molecule has 0 radical (unpaired) electrons. The number of furan rings is 1. The van der Waals surface area contributed by atoms with Gasteiger partial charge in [0.1, 0.15) is 10.6 Å². The van der Waals surface area contributed by atoms with E-state index in [4.69, 9.17) is 9.15 Å². The summed E-state index contributed by atoms with van der Waals surface area (Å²) in [7, 11) is 0. The van der Waals surface area contributed by atoms with Crippen LogP contribution in [0.5, 0.6) is 0 Å². The van der Waals surface area contributed by atoms with Crippen LogP contribution in [0.1, 0.15) is 22.5 Å². The fourth-order valence-corrected chi connectivity index (χ4v) is 4.04. The number of rotatable bonds is 5. The first kappa shape index (κ1) is 17.7. The van der Waals surface area contributed by atoms with Crippen LogP contribution in [0.25, 0.3) is 11.5 Å². The van der Waals surface area contributed by atoms with Crippen LogP contribution in [0.3, 0.4) is 0 Å². The monoisotopic (exact) mass is 385 g/mol. The third-order valence-corrected chi connectivity index (χ3v) is 5.49. The molecule has 4 heterocycles. The number of carbonyl (C=O) groups excluding carboxylic acids is 2. The normalized spacial score (nSPS) is 17.3. The second-order valence-corrected chi connectivity index (χ2v) is 7.28. The molecule has 1 saturated heterocycles. The number of nitrogens with one attached hydrogen (secondary N) is 2. The van der Waals surface area contributed by atoms with Crippen molar-refractivity contribution in [3.63, 3.8) is 0 Å². The van der Waals surface area contributed by atoms with Gasteiger partial charge < -0.3 is 14.5 Å². The van der Waals surface area contributed by atoms with Gasteiger partial charge in [-0.15, -0.1) is 0 Å². The standard InChI is InChI=1S/C19H19N3O4S/c23-16(12-5-10-25-11-6-12)17-15(14-2-1-9-26-14)21-19(27-17)22-18(24)13-3-7-20-8-4-13/h1-4,7,9,12,20H,5-6,8,10-11H2,(H,21,22,24). The van der Waals surface area contributed by atoms with E-state index in [9.17, 15) is 9.59 Å². The van der Waals surface area contributed by atoms with Gasteiger partial charge in [0, 0.05) is 31.2 Å². The Kier molecular flexibility index (Phi) is 5.17. The van der Waals surface area contributed by atoms with Gasteiger partial charge in [-0.05, 0) is 37.3 Å². The zero-order valence-electron chi connectivity index (χ0n) is 14.6. The molecule has 0 saturated carbocycles. The highest BCUT2D eigenvalue weighted by molar-refractivity contribution is 7.18. The van der Waals surface area contributed by atoms with E-state index in [-0.39, 0.29) is 17.6 Å². The molecular weight excluding hydrogens is 366 g/mol. The minimum atomic E-state index is -0.252. The zero-order valence-corrected chi connectivity index (χ0v) is 15.4. The molecule has 0 spiro atoms. The maximum atomic E-state index is 13.0. The van der Waals surface area contributed by atoms with Gasteiger partial charge in [-0.25, -0.2) is 4.98 Å². The number of Topliss-reactive ketones (excluding diaryl/α,β-unsaturated/α-hetero) is 1. The van der Waals surface area contributed by atoms with Crippen molar-refractivity contribution in [1.29, 1.82) is 0 Å². The summed E-state index contributed by atoms with van der Waals surface area (Å²) >= 11 is 1.19. The minimum absolute atomic E-state index is 0.0312. The summed E-state index contributed by atoms with van der Waals surface area (Å²) in [4.78, 5) is 30.5. The first-order valence-electron chi connectivity index (χ1n) is 8.80. The molecule has 4 rings (SSSR count). The summed E-state index contributed by atoms with van der Waals surface area (Å²) in [5.74, 6) is 0.205. The third-order valence-electron chi connectivity index (χ3n) is 4.50. The lowest BCUT2D eigenvalue weighted by atomic mass is 9.94. The molecule has 2 aliphatic rings. The van der Waals surface area contributed by atoms with E-state index in [0.717, 1.165) is 0 Å². The van der Waals surface area contributed by atoms with Gasteiger partial charge >= 0.3 is 0 Å². The molecule has 0 bridgehead atoms. The number of hydrogen-bond acceptors (Lipinski definition) is 7. The van der Waals surface area contributed by atoms with Crippen molar-refractivity contribution in [3.8, 4) is 11.5 Å². The first-order chi connectivity index (χ1) is 13.2. The SMILES string of the molecule is O=C(Nc1nc(-c2ccco2)c(C(=O)C2CCOCC2)s1)C1=CCNC=C1. The quantitative estimate of drug-likeness (QED) is 0.769. The molecule has 140 valence electrons. The Bertz CT molecular complexity index is 892. The Hall–Kier alpha value is -2.71. The van der Waals surface area contributed by atoms with Crippen LogP contribution in [0.4, 0.5) is 5.13 Å². The van der Waals surface area contributed by atoms with Gasteiger partial charge in [0.2, 0.25) is 0 Å². The first-order valence-corrected chi connectivity index (χ1v) is 9.62. The number of nitrogens with zero attached hydrogens (tertiary/aromatic N) is 1. The Morgan fingerprint density at radius 3 is 2.85 bits per heavy atom. The molecule has 0 aromatic carbocycles.